The van der Waals surface area contributed by atoms with Crippen LogP contribution in [0.15, 0.2) is 41.2 Å². The molecular weight excluding hydrogens is 256 g/mol. The predicted molar refractivity (Wildman–Crippen MR) is 77.3 cm³/mol. The second-order valence-electron chi connectivity index (χ2n) is 4.46. The van der Waals surface area contributed by atoms with Crippen molar-refractivity contribution in [3.8, 4) is 0 Å². The third-order valence-electron chi connectivity index (χ3n) is 2.72. The highest BCUT2D eigenvalue weighted by Crippen LogP contribution is 2.11. The molecule has 1 amide bonds. The first kappa shape index (κ1) is 13.8. The maximum atomic E-state index is 11.8. The van der Waals surface area contributed by atoms with Crippen LogP contribution in [0.25, 0.3) is 0 Å². The fourth-order valence-electron chi connectivity index (χ4n) is 1.76. The summed E-state index contributed by atoms with van der Waals surface area (Å²) in [4.78, 5) is 23.3. The highest BCUT2D eigenvalue weighted by Gasteiger charge is 2.05. The van der Waals surface area contributed by atoms with Gasteiger partial charge in [-0.05, 0) is 31.2 Å². The van der Waals surface area contributed by atoms with Gasteiger partial charge >= 0.3 is 0 Å². The number of amides is 1. The Morgan fingerprint density at radius 3 is 2.90 bits per heavy atom. The summed E-state index contributed by atoms with van der Waals surface area (Å²) in [6, 6.07) is 10.0. The zero-order valence-electron chi connectivity index (χ0n) is 11.2. The minimum Gasteiger partial charge on any atom is -0.399 e. The van der Waals surface area contributed by atoms with Crippen molar-refractivity contribution in [1.82, 2.24) is 9.78 Å². The van der Waals surface area contributed by atoms with Crippen LogP contribution in [0.2, 0.25) is 0 Å². The van der Waals surface area contributed by atoms with Gasteiger partial charge in [-0.3, -0.25) is 9.59 Å². The first-order valence-electron chi connectivity index (χ1n) is 6.25. The van der Waals surface area contributed by atoms with E-state index in [-0.39, 0.29) is 24.4 Å². The molecule has 0 aliphatic rings. The van der Waals surface area contributed by atoms with Gasteiger partial charge < -0.3 is 11.1 Å². The highest BCUT2D eigenvalue weighted by atomic mass is 16.2. The number of aromatic nitrogens is 2. The third-order valence-corrected chi connectivity index (χ3v) is 2.72. The molecule has 3 N–H and O–H groups in total. The summed E-state index contributed by atoms with van der Waals surface area (Å²) in [5.41, 5.74) is 7.37. The summed E-state index contributed by atoms with van der Waals surface area (Å²) in [7, 11) is 0. The van der Waals surface area contributed by atoms with Crippen molar-refractivity contribution in [3.05, 3.63) is 52.4 Å². The number of nitrogen functional groups attached to an aromatic ring is 1. The minimum atomic E-state index is -0.215. The lowest BCUT2D eigenvalue weighted by molar-refractivity contribution is -0.116. The zero-order valence-corrected chi connectivity index (χ0v) is 11.2. The first-order chi connectivity index (χ1) is 9.54. The van der Waals surface area contributed by atoms with Crippen LogP contribution < -0.4 is 16.6 Å². The smallest absolute Gasteiger partial charge is 0.266 e. The van der Waals surface area contributed by atoms with Crippen LogP contribution in [0.3, 0.4) is 0 Å². The number of carbonyl (C=O) groups is 1. The van der Waals surface area contributed by atoms with Crippen molar-refractivity contribution in [1.29, 1.82) is 0 Å². The Labute approximate surface area is 116 Å². The van der Waals surface area contributed by atoms with Gasteiger partial charge in [0.15, 0.2) is 0 Å². The van der Waals surface area contributed by atoms with Crippen LogP contribution in [-0.2, 0) is 11.3 Å². The lowest BCUT2D eigenvalue weighted by Crippen LogP contribution is -2.25. The van der Waals surface area contributed by atoms with E-state index in [0.29, 0.717) is 11.4 Å². The van der Waals surface area contributed by atoms with Gasteiger partial charge in [0.1, 0.15) is 0 Å². The molecule has 1 heterocycles. The second-order valence-corrected chi connectivity index (χ2v) is 4.46. The standard InChI is InChI=1S/C14H16N4O2/c1-10-5-6-14(20)18(17-10)8-7-13(19)16-12-4-2-3-11(15)9-12/h2-6,9H,7-8,15H2,1H3,(H,16,19). The number of carbonyl (C=O) groups excluding carboxylic acids is 1. The number of anilines is 2. The molecule has 0 radical (unpaired) electrons. The molecule has 1 aromatic carbocycles. The van der Waals surface area contributed by atoms with E-state index in [2.05, 4.69) is 10.4 Å². The molecule has 2 aromatic rings. The van der Waals surface area contributed by atoms with Crippen LogP contribution >= 0.6 is 0 Å². The van der Waals surface area contributed by atoms with Crippen molar-refractivity contribution in [2.45, 2.75) is 19.9 Å². The topological polar surface area (TPSA) is 90.0 Å². The fourth-order valence-corrected chi connectivity index (χ4v) is 1.76. The highest BCUT2D eigenvalue weighted by molar-refractivity contribution is 5.91. The van der Waals surface area contributed by atoms with Crippen molar-refractivity contribution in [3.63, 3.8) is 0 Å². The van der Waals surface area contributed by atoms with E-state index in [4.69, 9.17) is 5.73 Å². The number of rotatable bonds is 4. The number of benzene rings is 1. The van der Waals surface area contributed by atoms with Gasteiger partial charge in [-0.15, -0.1) is 0 Å². The van der Waals surface area contributed by atoms with Crippen LogP contribution in [0, 0.1) is 6.92 Å². The van der Waals surface area contributed by atoms with E-state index in [9.17, 15) is 9.59 Å². The summed E-state index contributed by atoms with van der Waals surface area (Å²) in [6.07, 6.45) is 0.172. The SMILES string of the molecule is Cc1ccc(=O)n(CCC(=O)Nc2cccc(N)c2)n1. The van der Waals surface area contributed by atoms with E-state index in [0.717, 1.165) is 5.69 Å². The van der Waals surface area contributed by atoms with E-state index in [1.807, 2.05) is 0 Å². The van der Waals surface area contributed by atoms with Crippen LogP contribution in [0.4, 0.5) is 11.4 Å². The molecule has 0 fully saturated rings. The molecule has 0 saturated heterocycles. The van der Waals surface area contributed by atoms with Crippen molar-refractivity contribution in [2.24, 2.45) is 0 Å². The quantitative estimate of drug-likeness (QED) is 0.817. The van der Waals surface area contributed by atoms with Crippen molar-refractivity contribution < 1.29 is 4.79 Å². The Hall–Kier alpha value is -2.63. The Balaban J connectivity index is 1.95. The Bertz CT molecular complexity index is 679. The summed E-state index contributed by atoms with van der Waals surface area (Å²) >= 11 is 0. The summed E-state index contributed by atoms with van der Waals surface area (Å²) in [5.74, 6) is -0.189. The summed E-state index contributed by atoms with van der Waals surface area (Å²) < 4.78 is 1.29. The monoisotopic (exact) mass is 272 g/mol. The van der Waals surface area contributed by atoms with Gasteiger partial charge in [0.25, 0.3) is 5.56 Å². The molecule has 0 atom stereocenters. The number of hydrogen-bond donors (Lipinski definition) is 2. The molecule has 0 spiro atoms. The average molecular weight is 272 g/mol. The van der Waals surface area contributed by atoms with Gasteiger partial charge in [-0.1, -0.05) is 6.07 Å². The maximum absolute atomic E-state index is 11.8. The van der Waals surface area contributed by atoms with E-state index >= 15 is 0 Å². The molecule has 0 bridgehead atoms. The number of nitrogens with two attached hydrogens (primary N) is 1. The summed E-state index contributed by atoms with van der Waals surface area (Å²) in [5, 5.41) is 6.79. The van der Waals surface area contributed by atoms with Gasteiger partial charge in [0, 0.05) is 23.9 Å². The Kier molecular flexibility index (Phi) is 4.14. The fraction of sp³-hybridized carbons (Fsp3) is 0.214. The maximum Gasteiger partial charge on any atom is 0.266 e. The molecule has 104 valence electrons. The van der Waals surface area contributed by atoms with Crippen LogP contribution in [-0.4, -0.2) is 15.7 Å². The minimum absolute atomic E-state index is 0.172. The van der Waals surface area contributed by atoms with E-state index < -0.39 is 0 Å². The van der Waals surface area contributed by atoms with E-state index in [1.165, 1.54) is 10.7 Å². The normalized spacial score (nSPS) is 10.2. The van der Waals surface area contributed by atoms with Crippen LogP contribution in [0.5, 0.6) is 0 Å². The number of nitrogens with one attached hydrogen (secondary N) is 1. The lowest BCUT2D eigenvalue weighted by atomic mass is 10.2. The number of aryl methyl sites for hydroxylation is 2. The summed E-state index contributed by atoms with van der Waals surface area (Å²) in [6.45, 7) is 2.04. The molecule has 6 nitrogen and oxygen atoms in total. The molecule has 6 heteroatoms. The molecule has 0 unspecified atom stereocenters. The molecule has 2 rings (SSSR count). The molecule has 0 aliphatic carbocycles. The molecule has 20 heavy (non-hydrogen) atoms. The average Bonchev–Trinajstić information content (AvgIpc) is 2.40. The Morgan fingerprint density at radius 2 is 2.15 bits per heavy atom. The largest absolute Gasteiger partial charge is 0.399 e. The van der Waals surface area contributed by atoms with Gasteiger partial charge in [0.05, 0.1) is 12.2 Å². The Morgan fingerprint density at radius 1 is 1.35 bits per heavy atom. The first-order valence-corrected chi connectivity index (χ1v) is 6.25. The predicted octanol–water partition coefficient (Wildman–Crippen LogP) is 1.16. The van der Waals surface area contributed by atoms with Crippen LogP contribution in [0.1, 0.15) is 12.1 Å². The zero-order chi connectivity index (χ0) is 14.5. The molecular formula is C14H16N4O2. The van der Waals surface area contributed by atoms with Gasteiger partial charge in [0.2, 0.25) is 5.91 Å². The molecule has 1 aromatic heterocycles. The third kappa shape index (κ3) is 3.68. The van der Waals surface area contributed by atoms with E-state index in [1.54, 1.807) is 37.3 Å². The second kappa shape index (κ2) is 6.01. The van der Waals surface area contributed by atoms with Gasteiger partial charge in [-0.25, -0.2) is 4.68 Å². The van der Waals surface area contributed by atoms with Crippen molar-refractivity contribution in [2.75, 3.05) is 11.1 Å². The molecule has 0 saturated carbocycles. The van der Waals surface area contributed by atoms with Gasteiger partial charge in [-0.2, -0.15) is 5.10 Å². The lowest BCUT2D eigenvalue weighted by Gasteiger charge is -2.07. The molecule has 0 aliphatic heterocycles. The van der Waals surface area contributed by atoms with Crippen molar-refractivity contribution >= 4 is 17.3 Å². The number of nitrogens with zero attached hydrogens (tertiary/aromatic N) is 2. The number of hydrogen-bond acceptors (Lipinski definition) is 4.